The molecule has 5 heteroatoms. The van der Waals surface area contributed by atoms with Gasteiger partial charge in [-0.15, -0.1) is 0 Å². The van der Waals surface area contributed by atoms with Crippen molar-refractivity contribution in [1.29, 1.82) is 0 Å². The van der Waals surface area contributed by atoms with Crippen molar-refractivity contribution >= 4 is 11.6 Å². The third-order valence-corrected chi connectivity index (χ3v) is 2.56. The molecule has 0 bridgehead atoms. The summed E-state index contributed by atoms with van der Waals surface area (Å²) < 4.78 is 5.40. The van der Waals surface area contributed by atoms with Gasteiger partial charge in [-0.25, -0.2) is 9.97 Å². The Kier molecular flexibility index (Phi) is 6.71. The minimum Gasteiger partial charge on any atom is -0.374 e. The van der Waals surface area contributed by atoms with Crippen LogP contribution in [0, 0.1) is 5.41 Å². The minimum atomic E-state index is 0.210. The lowest BCUT2D eigenvalue weighted by Crippen LogP contribution is -2.20. The van der Waals surface area contributed by atoms with Crippen molar-refractivity contribution in [2.24, 2.45) is 5.41 Å². The molecule has 0 saturated carbocycles. The average molecular weight is 280 g/mol. The summed E-state index contributed by atoms with van der Waals surface area (Å²) in [4.78, 5) is 8.96. The maximum atomic E-state index is 5.40. The predicted octanol–water partition coefficient (Wildman–Crippen LogP) is 3.29. The molecule has 0 atom stereocenters. The first kappa shape index (κ1) is 16.7. The van der Waals surface area contributed by atoms with Crippen molar-refractivity contribution in [2.45, 2.75) is 47.6 Å². The van der Waals surface area contributed by atoms with Crippen LogP contribution in [0.15, 0.2) is 6.07 Å². The topological polar surface area (TPSA) is 59.1 Å². The normalized spacial score (nSPS) is 11.4. The second kappa shape index (κ2) is 8.04. The van der Waals surface area contributed by atoms with Crippen LogP contribution in [0.25, 0.3) is 0 Å². The van der Waals surface area contributed by atoms with Crippen molar-refractivity contribution in [2.75, 3.05) is 30.3 Å². The molecule has 0 saturated heterocycles. The van der Waals surface area contributed by atoms with E-state index in [4.69, 9.17) is 4.74 Å². The average Bonchev–Trinajstić information content (AvgIpc) is 2.40. The van der Waals surface area contributed by atoms with Crippen LogP contribution >= 0.6 is 0 Å². The maximum Gasteiger partial charge on any atom is 0.158 e. The van der Waals surface area contributed by atoms with Crippen LogP contribution in [0.5, 0.6) is 0 Å². The van der Waals surface area contributed by atoms with Crippen molar-refractivity contribution in [3.63, 3.8) is 0 Å². The van der Waals surface area contributed by atoms with Gasteiger partial charge in [0.05, 0.1) is 0 Å². The minimum absolute atomic E-state index is 0.210. The number of rotatable bonds is 8. The van der Waals surface area contributed by atoms with Crippen molar-refractivity contribution in [3.05, 3.63) is 11.9 Å². The Morgan fingerprint density at radius 3 is 2.30 bits per heavy atom. The quantitative estimate of drug-likeness (QED) is 0.765. The lowest BCUT2D eigenvalue weighted by atomic mass is 9.97. The second-order valence-electron chi connectivity index (χ2n) is 6.03. The zero-order valence-electron chi connectivity index (χ0n) is 13.4. The van der Waals surface area contributed by atoms with Crippen LogP contribution < -0.4 is 10.6 Å². The zero-order chi connectivity index (χ0) is 15.0. The van der Waals surface area contributed by atoms with E-state index in [-0.39, 0.29) is 5.41 Å². The largest absolute Gasteiger partial charge is 0.374 e. The summed E-state index contributed by atoms with van der Waals surface area (Å²) in [6.45, 7) is 13.6. The van der Waals surface area contributed by atoms with Crippen molar-refractivity contribution in [1.82, 2.24) is 9.97 Å². The molecule has 0 aliphatic rings. The summed E-state index contributed by atoms with van der Waals surface area (Å²) in [5.41, 5.74) is 0.210. The highest BCUT2D eigenvalue weighted by atomic mass is 16.5. The lowest BCUT2D eigenvalue weighted by Gasteiger charge is -2.19. The maximum absolute atomic E-state index is 5.40. The van der Waals surface area contributed by atoms with Gasteiger partial charge in [-0.1, -0.05) is 27.7 Å². The van der Waals surface area contributed by atoms with Crippen LogP contribution in [0.1, 0.15) is 46.9 Å². The zero-order valence-corrected chi connectivity index (χ0v) is 13.4. The Balaban J connectivity index is 2.79. The van der Waals surface area contributed by atoms with E-state index >= 15 is 0 Å². The molecular weight excluding hydrogens is 252 g/mol. The van der Waals surface area contributed by atoms with E-state index in [1.54, 1.807) is 0 Å². The highest BCUT2D eigenvalue weighted by molar-refractivity contribution is 5.47. The van der Waals surface area contributed by atoms with Gasteiger partial charge in [-0.3, -0.25) is 0 Å². The standard InChI is InChI=1S/C15H28N4O/c1-6-8-16-12-9-13(17-11-15(3,4)5)19-14(18-12)10-20-7-2/h9H,6-8,10-11H2,1-5H3,(H2,16,17,18,19). The predicted molar refractivity (Wildman–Crippen MR) is 84.1 cm³/mol. The number of hydrogen-bond donors (Lipinski definition) is 2. The molecule has 0 spiro atoms. The summed E-state index contributed by atoms with van der Waals surface area (Å²) in [5, 5.41) is 6.67. The Hall–Kier alpha value is -1.36. The molecule has 1 aromatic heterocycles. The number of hydrogen-bond acceptors (Lipinski definition) is 5. The second-order valence-corrected chi connectivity index (χ2v) is 6.03. The summed E-state index contributed by atoms with van der Waals surface area (Å²) in [7, 11) is 0. The Morgan fingerprint density at radius 1 is 1.10 bits per heavy atom. The molecule has 0 fully saturated rings. The van der Waals surface area contributed by atoms with E-state index in [1.165, 1.54) is 0 Å². The molecule has 0 aromatic carbocycles. The smallest absolute Gasteiger partial charge is 0.158 e. The summed E-state index contributed by atoms with van der Waals surface area (Å²) >= 11 is 0. The summed E-state index contributed by atoms with van der Waals surface area (Å²) in [6, 6.07) is 1.96. The van der Waals surface area contributed by atoms with Gasteiger partial charge in [0.2, 0.25) is 0 Å². The number of aromatic nitrogens is 2. The first-order chi connectivity index (χ1) is 9.44. The molecule has 1 aromatic rings. The fraction of sp³-hybridized carbons (Fsp3) is 0.733. The SMILES string of the molecule is CCCNc1cc(NCC(C)(C)C)nc(COCC)n1. The Morgan fingerprint density at radius 2 is 1.75 bits per heavy atom. The number of ether oxygens (including phenoxy) is 1. The molecule has 5 nitrogen and oxygen atoms in total. The molecule has 20 heavy (non-hydrogen) atoms. The van der Waals surface area contributed by atoms with E-state index in [1.807, 2.05) is 13.0 Å². The summed E-state index contributed by atoms with van der Waals surface area (Å²) in [6.07, 6.45) is 1.07. The monoisotopic (exact) mass is 280 g/mol. The van der Waals surface area contributed by atoms with Gasteiger partial charge in [0.1, 0.15) is 18.2 Å². The van der Waals surface area contributed by atoms with Gasteiger partial charge in [0.15, 0.2) is 5.82 Å². The number of nitrogens with zero attached hydrogens (tertiary/aromatic N) is 2. The van der Waals surface area contributed by atoms with E-state index in [0.29, 0.717) is 19.0 Å². The number of nitrogens with one attached hydrogen (secondary N) is 2. The lowest BCUT2D eigenvalue weighted by molar-refractivity contribution is 0.128. The summed E-state index contributed by atoms with van der Waals surface area (Å²) in [5.74, 6) is 2.42. The third-order valence-electron chi connectivity index (χ3n) is 2.56. The molecule has 0 aliphatic carbocycles. The Bertz CT molecular complexity index is 375. The van der Waals surface area contributed by atoms with Crippen molar-refractivity contribution < 1.29 is 4.74 Å². The van der Waals surface area contributed by atoms with Gasteiger partial charge in [-0.05, 0) is 18.8 Å². The fourth-order valence-electron chi connectivity index (χ4n) is 1.54. The molecule has 0 unspecified atom stereocenters. The van der Waals surface area contributed by atoms with Crippen molar-refractivity contribution in [3.8, 4) is 0 Å². The van der Waals surface area contributed by atoms with E-state index in [0.717, 1.165) is 31.1 Å². The molecule has 2 N–H and O–H groups in total. The number of anilines is 2. The van der Waals surface area contributed by atoms with Crippen LogP contribution in [0.4, 0.5) is 11.6 Å². The van der Waals surface area contributed by atoms with Gasteiger partial charge in [0, 0.05) is 25.8 Å². The first-order valence-corrected chi connectivity index (χ1v) is 7.38. The van der Waals surface area contributed by atoms with Crippen LogP contribution in [-0.4, -0.2) is 29.7 Å². The molecule has 1 heterocycles. The highest BCUT2D eigenvalue weighted by Crippen LogP contribution is 2.17. The van der Waals surface area contributed by atoms with Crippen LogP contribution in [-0.2, 0) is 11.3 Å². The third kappa shape index (κ3) is 6.70. The van der Waals surface area contributed by atoms with E-state index in [2.05, 4.69) is 48.3 Å². The molecule has 0 amide bonds. The first-order valence-electron chi connectivity index (χ1n) is 7.38. The van der Waals surface area contributed by atoms with Crippen LogP contribution in [0.3, 0.4) is 0 Å². The van der Waals surface area contributed by atoms with E-state index in [9.17, 15) is 0 Å². The van der Waals surface area contributed by atoms with Gasteiger partial charge in [0.25, 0.3) is 0 Å². The molecule has 0 radical (unpaired) electrons. The highest BCUT2D eigenvalue weighted by Gasteiger charge is 2.11. The Labute approximate surface area is 122 Å². The molecular formula is C15H28N4O. The van der Waals surface area contributed by atoms with Gasteiger partial charge in [-0.2, -0.15) is 0 Å². The van der Waals surface area contributed by atoms with Crippen LogP contribution in [0.2, 0.25) is 0 Å². The fourth-order valence-corrected chi connectivity index (χ4v) is 1.54. The van der Waals surface area contributed by atoms with Gasteiger partial charge < -0.3 is 15.4 Å². The molecule has 1 rings (SSSR count). The van der Waals surface area contributed by atoms with E-state index < -0.39 is 0 Å². The molecule has 114 valence electrons. The molecule has 0 aliphatic heterocycles. The van der Waals surface area contributed by atoms with Gasteiger partial charge >= 0.3 is 0 Å².